The van der Waals surface area contributed by atoms with Crippen LogP contribution in [0.4, 0.5) is 17.2 Å². The Bertz CT molecular complexity index is 680. The standard InChI is InChI=1S/C14H12N4/c15-14-13(16-10-6-2-1-3-7-10)11-8-4-5-9-12(11)17-18-14/h1-9H,(H2,15,18)(H,16,17). The van der Waals surface area contributed by atoms with Gasteiger partial charge in [0.1, 0.15) is 0 Å². The Balaban J connectivity index is 2.13. The third-order valence-corrected chi connectivity index (χ3v) is 2.74. The van der Waals surface area contributed by atoms with E-state index in [1.807, 2.05) is 54.6 Å². The number of para-hydroxylation sites is 1. The summed E-state index contributed by atoms with van der Waals surface area (Å²) in [6, 6.07) is 17.6. The first-order valence-electron chi connectivity index (χ1n) is 5.67. The lowest BCUT2D eigenvalue weighted by Gasteiger charge is -2.10. The van der Waals surface area contributed by atoms with E-state index >= 15 is 0 Å². The molecule has 2 aromatic carbocycles. The van der Waals surface area contributed by atoms with Gasteiger partial charge in [-0.05, 0) is 18.2 Å². The zero-order valence-electron chi connectivity index (χ0n) is 9.67. The number of nitrogen functional groups attached to an aromatic ring is 1. The number of benzene rings is 2. The Kier molecular flexibility index (Phi) is 2.53. The average Bonchev–Trinajstić information content (AvgIpc) is 2.43. The molecule has 18 heavy (non-hydrogen) atoms. The van der Waals surface area contributed by atoms with Crippen molar-refractivity contribution in [3.63, 3.8) is 0 Å². The lowest BCUT2D eigenvalue weighted by atomic mass is 10.2. The second-order valence-electron chi connectivity index (χ2n) is 3.97. The van der Waals surface area contributed by atoms with Crippen molar-refractivity contribution in [2.45, 2.75) is 0 Å². The van der Waals surface area contributed by atoms with Gasteiger partial charge in [-0.25, -0.2) is 0 Å². The van der Waals surface area contributed by atoms with E-state index in [1.165, 1.54) is 0 Å². The fraction of sp³-hybridized carbons (Fsp3) is 0. The van der Waals surface area contributed by atoms with Crippen molar-refractivity contribution < 1.29 is 0 Å². The quantitative estimate of drug-likeness (QED) is 0.718. The SMILES string of the molecule is Nc1nnc2ccccc2c1Nc1ccccc1. The minimum Gasteiger partial charge on any atom is -0.380 e. The molecule has 0 atom stereocenters. The van der Waals surface area contributed by atoms with Crippen molar-refractivity contribution in [2.24, 2.45) is 0 Å². The molecular weight excluding hydrogens is 224 g/mol. The van der Waals surface area contributed by atoms with Crippen molar-refractivity contribution in [1.82, 2.24) is 10.2 Å². The fourth-order valence-electron chi connectivity index (χ4n) is 1.87. The smallest absolute Gasteiger partial charge is 0.170 e. The van der Waals surface area contributed by atoms with Crippen molar-refractivity contribution in [1.29, 1.82) is 0 Å². The molecule has 0 aliphatic heterocycles. The third-order valence-electron chi connectivity index (χ3n) is 2.74. The first-order chi connectivity index (χ1) is 8.84. The van der Waals surface area contributed by atoms with Gasteiger partial charge in [0.15, 0.2) is 5.82 Å². The zero-order chi connectivity index (χ0) is 12.4. The summed E-state index contributed by atoms with van der Waals surface area (Å²) in [5, 5.41) is 12.3. The Labute approximate surface area is 104 Å². The van der Waals surface area contributed by atoms with Crippen LogP contribution in [0.5, 0.6) is 0 Å². The summed E-state index contributed by atoms with van der Waals surface area (Å²) < 4.78 is 0. The topological polar surface area (TPSA) is 63.8 Å². The number of aromatic nitrogens is 2. The van der Waals surface area contributed by atoms with Crippen molar-refractivity contribution in [2.75, 3.05) is 11.1 Å². The van der Waals surface area contributed by atoms with Gasteiger partial charge in [0.2, 0.25) is 0 Å². The van der Waals surface area contributed by atoms with Gasteiger partial charge in [0.05, 0.1) is 11.2 Å². The molecule has 1 heterocycles. The molecule has 0 fully saturated rings. The van der Waals surface area contributed by atoms with Crippen LogP contribution in [0.15, 0.2) is 54.6 Å². The van der Waals surface area contributed by atoms with Crippen LogP contribution in [0.25, 0.3) is 10.9 Å². The van der Waals surface area contributed by atoms with Gasteiger partial charge in [-0.15, -0.1) is 10.2 Å². The van der Waals surface area contributed by atoms with Crippen molar-refractivity contribution in [3.05, 3.63) is 54.6 Å². The van der Waals surface area contributed by atoms with Gasteiger partial charge in [-0.2, -0.15) is 0 Å². The number of nitrogens with zero attached hydrogens (tertiary/aromatic N) is 2. The summed E-state index contributed by atoms with van der Waals surface area (Å²) in [5.74, 6) is 0.401. The van der Waals surface area contributed by atoms with Gasteiger partial charge >= 0.3 is 0 Å². The molecule has 0 aliphatic carbocycles. The molecule has 0 unspecified atom stereocenters. The van der Waals surface area contributed by atoms with Gasteiger partial charge in [0.25, 0.3) is 0 Å². The van der Waals surface area contributed by atoms with E-state index in [0.29, 0.717) is 5.82 Å². The number of hydrogen-bond donors (Lipinski definition) is 2. The van der Waals surface area contributed by atoms with E-state index in [1.54, 1.807) is 0 Å². The fourth-order valence-corrected chi connectivity index (χ4v) is 1.87. The van der Waals surface area contributed by atoms with Crippen LogP contribution in [0.3, 0.4) is 0 Å². The molecule has 0 radical (unpaired) electrons. The molecule has 88 valence electrons. The van der Waals surface area contributed by atoms with Gasteiger partial charge in [-0.1, -0.05) is 36.4 Å². The molecule has 4 heteroatoms. The van der Waals surface area contributed by atoms with Crippen LogP contribution >= 0.6 is 0 Å². The Morgan fingerprint density at radius 1 is 0.833 bits per heavy atom. The van der Waals surface area contributed by atoms with E-state index in [2.05, 4.69) is 15.5 Å². The second kappa shape index (κ2) is 4.33. The highest BCUT2D eigenvalue weighted by Crippen LogP contribution is 2.28. The number of hydrogen-bond acceptors (Lipinski definition) is 4. The molecule has 0 aliphatic rings. The normalized spacial score (nSPS) is 10.4. The largest absolute Gasteiger partial charge is 0.380 e. The molecule has 3 aromatic rings. The molecule has 0 saturated carbocycles. The summed E-state index contributed by atoms with van der Waals surface area (Å²) in [6.45, 7) is 0. The van der Waals surface area contributed by atoms with Gasteiger partial charge in [-0.3, -0.25) is 0 Å². The number of rotatable bonds is 2. The number of anilines is 3. The van der Waals surface area contributed by atoms with E-state index in [9.17, 15) is 0 Å². The van der Waals surface area contributed by atoms with Crippen LogP contribution in [-0.4, -0.2) is 10.2 Å². The van der Waals surface area contributed by atoms with Crippen LogP contribution < -0.4 is 11.1 Å². The minimum absolute atomic E-state index is 0.401. The Hall–Kier alpha value is -2.62. The molecule has 3 N–H and O–H groups in total. The molecule has 0 amide bonds. The number of fused-ring (bicyclic) bond motifs is 1. The maximum atomic E-state index is 5.90. The highest BCUT2D eigenvalue weighted by atomic mass is 15.2. The van der Waals surface area contributed by atoms with Crippen molar-refractivity contribution >= 4 is 28.1 Å². The zero-order valence-corrected chi connectivity index (χ0v) is 9.67. The lowest BCUT2D eigenvalue weighted by molar-refractivity contribution is 1.09. The van der Waals surface area contributed by atoms with E-state index < -0.39 is 0 Å². The molecule has 0 spiro atoms. The van der Waals surface area contributed by atoms with Gasteiger partial charge < -0.3 is 11.1 Å². The van der Waals surface area contributed by atoms with E-state index in [4.69, 9.17) is 5.73 Å². The Morgan fingerprint density at radius 2 is 1.56 bits per heavy atom. The summed E-state index contributed by atoms with van der Waals surface area (Å²) in [6.07, 6.45) is 0. The number of nitrogens with one attached hydrogen (secondary N) is 1. The summed E-state index contributed by atoms with van der Waals surface area (Å²) in [4.78, 5) is 0. The highest BCUT2D eigenvalue weighted by molar-refractivity contribution is 5.97. The number of nitrogens with two attached hydrogens (primary N) is 1. The predicted molar refractivity (Wildman–Crippen MR) is 73.7 cm³/mol. The minimum atomic E-state index is 0.401. The van der Waals surface area contributed by atoms with E-state index in [-0.39, 0.29) is 0 Å². The maximum Gasteiger partial charge on any atom is 0.170 e. The molecule has 0 saturated heterocycles. The lowest BCUT2D eigenvalue weighted by Crippen LogP contribution is -2.01. The van der Waals surface area contributed by atoms with Crippen LogP contribution in [0, 0.1) is 0 Å². The summed E-state index contributed by atoms with van der Waals surface area (Å²) in [5.41, 5.74) is 8.49. The summed E-state index contributed by atoms with van der Waals surface area (Å²) in [7, 11) is 0. The van der Waals surface area contributed by atoms with Crippen molar-refractivity contribution in [3.8, 4) is 0 Å². The second-order valence-corrected chi connectivity index (χ2v) is 3.97. The van der Waals surface area contributed by atoms with Crippen LogP contribution in [-0.2, 0) is 0 Å². The molecule has 4 nitrogen and oxygen atoms in total. The summed E-state index contributed by atoms with van der Waals surface area (Å²) >= 11 is 0. The molecule has 3 rings (SSSR count). The maximum absolute atomic E-state index is 5.90. The highest BCUT2D eigenvalue weighted by Gasteiger charge is 2.07. The first-order valence-corrected chi connectivity index (χ1v) is 5.67. The van der Waals surface area contributed by atoms with E-state index in [0.717, 1.165) is 22.3 Å². The third kappa shape index (κ3) is 1.84. The molecular formula is C14H12N4. The predicted octanol–water partition coefficient (Wildman–Crippen LogP) is 2.96. The average molecular weight is 236 g/mol. The molecule has 0 bridgehead atoms. The van der Waals surface area contributed by atoms with Crippen LogP contribution in [0.1, 0.15) is 0 Å². The van der Waals surface area contributed by atoms with Crippen LogP contribution in [0.2, 0.25) is 0 Å². The molecule has 1 aromatic heterocycles. The Morgan fingerprint density at radius 3 is 2.39 bits per heavy atom. The first kappa shape index (κ1) is 10.5. The van der Waals surface area contributed by atoms with Gasteiger partial charge in [0, 0.05) is 11.1 Å². The monoisotopic (exact) mass is 236 g/mol.